The first-order chi connectivity index (χ1) is 19.3. The summed E-state index contributed by atoms with van der Waals surface area (Å²) in [6, 6.07) is 5.74. The molecule has 2 rings (SSSR count). The number of carbonyl (C=O) groups is 1. The van der Waals surface area contributed by atoms with Crippen molar-refractivity contribution in [3.63, 3.8) is 0 Å². The highest BCUT2D eigenvalue weighted by Crippen LogP contribution is 2.19. The van der Waals surface area contributed by atoms with Gasteiger partial charge < -0.3 is 9.64 Å². The van der Waals surface area contributed by atoms with Crippen LogP contribution in [0.5, 0.6) is 0 Å². The molecule has 0 saturated heterocycles. The molecule has 224 valence electrons. The Balaban J connectivity index is 0. The fraction of sp³-hybridized carbons (Fsp3) is 0.515. The molecule has 1 amide bonds. The predicted octanol–water partition coefficient (Wildman–Crippen LogP) is 8.26. The molecule has 2 atom stereocenters. The number of amides is 1. The Bertz CT molecular complexity index is 1030. The van der Waals surface area contributed by atoms with Crippen molar-refractivity contribution < 1.29 is 9.53 Å². The van der Waals surface area contributed by atoms with Crippen LogP contribution in [0.4, 0.5) is 0 Å². The molecule has 0 radical (unpaired) electrons. The molecule has 0 spiro atoms. The van der Waals surface area contributed by atoms with Crippen molar-refractivity contribution in [2.75, 3.05) is 19.7 Å². The van der Waals surface area contributed by atoms with E-state index in [1.54, 1.807) is 12.4 Å². The van der Waals surface area contributed by atoms with E-state index in [4.69, 9.17) is 4.74 Å². The van der Waals surface area contributed by atoms with Crippen molar-refractivity contribution in [1.82, 2.24) is 19.9 Å². The average Bonchev–Trinajstić information content (AvgIpc) is 3.52. The minimum atomic E-state index is -0.477. The van der Waals surface area contributed by atoms with Gasteiger partial charge in [-0.3, -0.25) is 9.79 Å². The van der Waals surface area contributed by atoms with Gasteiger partial charge in [-0.25, -0.2) is 0 Å². The number of aliphatic imine (C=N–C) groups is 1. The van der Waals surface area contributed by atoms with Gasteiger partial charge in [-0.2, -0.15) is 15.0 Å². The van der Waals surface area contributed by atoms with E-state index in [9.17, 15) is 4.79 Å². The summed E-state index contributed by atoms with van der Waals surface area (Å²) in [6.45, 7) is 31.3. The number of benzene rings is 1. The number of ether oxygens (including phenoxy) is 1. The summed E-state index contributed by atoms with van der Waals surface area (Å²) in [6.07, 6.45) is 9.42. The zero-order valence-electron chi connectivity index (χ0n) is 27.1. The van der Waals surface area contributed by atoms with Gasteiger partial charge >= 0.3 is 0 Å². The van der Waals surface area contributed by atoms with Gasteiger partial charge in [-0.15, -0.1) is 0 Å². The van der Waals surface area contributed by atoms with E-state index in [-0.39, 0.29) is 11.8 Å². The van der Waals surface area contributed by atoms with E-state index in [1.165, 1.54) is 4.80 Å². The van der Waals surface area contributed by atoms with Crippen LogP contribution in [0.3, 0.4) is 0 Å². The van der Waals surface area contributed by atoms with Crippen molar-refractivity contribution in [3.8, 4) is 5.69 Å². The van der Waals surface area contributed by atoms with Crippen LogP contribution in [0.25, 0.3) is 5.69 Å². The second kappa shape index (κ2) is 23.6. The number of aryl methyl sites for hydroxylation is 1. The first kappa shape index (κ1) is 38.8. The van der Waals surface area contributed by atoms with Crippen LogP contribution >= 0.6 is 0 Å². The first-order valence-electron chi connectivity index (χ1n) is 14.6. The molecule has 1 heterocycles. The highest BCUT2D eigenvalue weighted by molar-refractivity contribution is 5.98. The minimum Gasteiger partial charge on any atom is -0.353 e. The number of nitrogens with zero attached hydrogens (tertiary/aromatic N) is 5. The maximum absolute atomic E-state index is 13.6. The third kappa shape index (κ3) is 13.7. The lowest BCUT2D eigenvalue weighted by molar-refractivity contribution is 0.0486. The monoisotopic (exact) mass is 553 g/mol. The minimum absolute atomic E-state index is 0.0411. The predicted molar refractivity (Wildman–Crippen MR) is 172 cm³/mol. The number of rotatable bonds is 13. The van der Waals surface area contributed by atoms with Crippen molar-refractivity contribution in [1.29, 1.82) is 0 Å². The maximum atomic E-state index is 13.6. The molecule has 0 N–H and O–H groups in total. The lowest BCUT2D eigenvalue weighted by Crippen LogP contribution is -2.37. The summed E-state index contributed by atoms with van der Waals surface area (Å²) in [5.41, 5.74) is 4.17. The van der Waals surface area contributed by atoms with Gasteiger partial charge in [0, 0.05) is 13.1 Å². The Labute approximate surface area is 244 Å². The molecule has 7 nitrogen and oxygen atoms in total. The molecule has 0 bridgehead atoms. The molecule has 2 unspecified atom stereocenters. The Kier molecular flexibility index (Phi) is 22.9. The lowest BCUT2D eigenvalue weighted by Gasteiger charge is -2.27. The molecule has 2 aromatic rings. The smallest absolute Gasteiger partial charge is 0.256 e. The van der Waals surface area contributed by atoms with Crippen LogP contribution in [0.1, 0.15) is 91.6 Å². The van der Waals surface area contributed by atoms with E-state index in [0.717, 1.165) is 23.1 Å². The number of hydrogen-bond donors (Lipinski definition) is 0. The molecule has 0 saturated carbocycles. The number of carbonyl (C=O) groups excluding carboxylic acids is 1. The molecular formula is C33H55N5O2. The van der Waals surface area contributed by atoms with Gasteiger partial charge in [0.2, 0.25) is 0 Å². The standard InChI is InChI=1S/C27H37N5O2.3C2H6/c1-8-10-23(20(3)4)17-26(28-7)34-19-22(6)18-31(15-9-2)27(33)24-16-21(5)11-12-25(24)32-29-13-14-30-32;3*1-2/h8,10-14,16-17,22,26H,3,7,9,15,18-19H2,1-2,4-6H3;3*1-2H3/b10-8-,23-17?;;;. The molecule has 7 heteroatoms. The third-order valence-corrected chi connectivity index (χ3v) is 5.22. The Morgan fingerprint density at radius 3 is 2.25 bits per heavy atom. The zero-order chi connectivity index (χ0) is 31.1. The fourth-order valence-electron chi connectivity index (χ4n) is 3.57. The maximum Gasteiger partial charge on any atom is 0.256 e. The van der Waals surface area contributed by atoms with Crippen molar-refractivity contribution in [3.05, 3.63) is 77.7 Å². The van der Waals surface area contributed by atoms with Crippen molar-refractivity contribution in [2.45, 2.75) is 88.8 Å². The van der Waals surface area contributed by atoms with E-state index >= 15 is 0 Å². The molecule has 0 fully saturated rings. The molecule has 40 heavy (non-hydrogen) atoms. The van der Waals surface area contributed by atoms with Crippen LogP contribution in [0.15, 0.2) is 71.5 Å². The largest absolute Gasteiger partial charge is 0.353 e. The van der Waals surface area contributed by atoms with Crippen LogP contribution in [0, 0.1) is 12.8 Å². The molecule has 1 aromatic carbocycles. The summed E-state index contributed by atoms with van der Waals surface area (Å²) in [4.78, 5) is 21.0. The number of allylic oxidation sites excluding steroid dienone is 4. The van der Waals surface area contributed by atoms with E-state index in [1.807, 2.05) is 104 Å². The lowest BCUT2D eigenvalue weighted by atomic mass is 10.1. The van der Waals surface area contributed by atoms with Crippen LogP contribution in [-0.4, -0.2) is 58.4 Å². The van der Waals surface area contributed by atoms with Gasteiger partial charge in [0.25, 0.3) is 5.91 Å². The highest BCUT2D eigenvalue weighted by Gasteiger charge is 2.22. The number of hydrogen-bond acceptors (Lipinski definition) is 5. The van der Waals surface area contributed by atoms with Crippen molar-refractivity contribution >= 4 is 12.6 Å². The molecule has 1 aromatic heterocycles. The summed E-state index contributed by atoms with van der Waals surface area (Å²) >= 11 is 0. The molecule has 0 aliphatic heterocycles. The SMILES string of the molecule is C=NC(C=C(/C=C\C)C(=C)C)OCC(C)CN(CCC)C(=O)c1cc(C)ccc1-n1nccn1.CC.CC.CC. The van der Waals surface area contributed by atoms with Gasteiger partial charge in [0.05, 0.1) is 30.3 Å². The summed E-state index contributed by atoms with van der Waals surface area (Å²) in [5, 5.41) is 8.43. The van der Waals surface area contributed by atoms with Crippen LogP contribution < -0.4 is 0 Å². The van der Waals surface area contributed by atoms with E-state index in [2.05, 4.69) is 42.3 Å². The Morgan fingerprint density at radius 2 is 1.75 bits per heavy atom. The van der Waals surface area contributed by atoms with Gasteiger partial charge in [-0.05, 0) is 63.6 Å². The van der Waals surface area contributed by atoms with Crippen LogP contribution in [0.2, 0.25) is 0 Å². The molecule has 0 aliphatic rings. The topological polar surface area (TPSA) is 72.6 Å². The first-order valence-corrected chi connectivity index (χ1v) is 14.6. The van der Waals surface area contributed by atoms with Gasteiger partial charge in [0.15, 0.2) is 6.23 Å². The van der Waals surface area contributed by atoms with Crippen molar-refractivity contribution in [2.24, 2.45) is 10.9 Å². The van der Waals surface area contributed by atoms with E-state index in [0.29, 0.717) is 30.9 Å². The van der Waals surface area contributed by atoms with Gasteiger partial charge in [-0.1, -0.05) is 91.3 Å². The summed E-state index contributed by atoms with van der Waals surface area (Å²) in [7, 11) is 0. The summed E-state index contributed by atoms with van der Waals surface area (Å²) in [5.74, 6) is 0.0554. The average molecular weight is 554 g/mol. The highest BCUT2D eigenvalue weighted by atomic mass is 16.5. The van der Waals surface area contributed by atoms with Gasteiger partial charge in [0.1, 0.15) is 0 Å². The summed E-state index contributed by atoms with van der Waals surface area (Å²) < 4.78 is 6.00. The molecular weight excluding hydrogens is 498 g/mol. The second-order valence-corrected chi connectivity index (χ2v) is 8.50. The third-order valence-electron chi connectivity index (χ3n) is 5.22. The normalized spacial score (nSPS) is 12.0. The number of aromatic nitrogens is 3. The zero-order valence-corrected chi connectivity index (χ0v) is 27.1. The fourth-order valence-corrected chi connectivity index (χ4v) is 3.57. The van der Waals surface area contributed by atoms with Crippen LogP contribution in [-0.2, 0) is 4.74 Å². The Hall–Kier alpha value is -3.32. The second-order valence-electron chi connectivity index (χ2n) is 8.50. The quantitative estimate of drug-likeness (QED) is 0.185. The van der Waals surface area contributed by atoms with E-state index < -0.39 is 6.23 Å². The molecule has 0 aliphatic carbocycles. The Morgan fingerprint density at radius 1 is 1.15 bits per heavy atom.